The lowest BCUT2D eigenvalue weighted by molar-refractivity contribution is -0.115. The highest BCUT2D eigenvalue weighted by atomic mass is 32.2. The number of pyridine rings is 2. The van der Waals surface area contributed by atoms with Gasteiger partial charge >= 0.3 is 0 Å². The van der Waals surface area contributed by atoms with Crippen LogP contribution in [0.1, 0.15) is 12.1 Å². The minimum atomic E-state index is 0.0309. The van der Waals surface area contributed by atoms with Gasteiger partial charge < -0.3 is 5.32 Å². The molecule has 4 nitrogen and oxygen atoms in total. The molecule has 1 N–H and O–H groups in total. The lowest BCUT2D eigenvalue weighted by Gasteiger charge is -2.04. The maximum atomic E-state index is 11.7. The Kier molecular flexibility index (Phi) is 6.05. The van der Waals surface area contributed by atoms with Crippen molar-refractivity contribution in [2.75, 3.05) is 16.8 Å². The van der Waals surface area contributed by atoms with E-state index in [1.807, 2.05) is 24.3 Å². The molecule has 2 rings (SSSR count). The van der Waals surface area contributed by atoms with E-state index in [9.17, 15) is 4.79 Å². The Morgan fingerprint density at radius 3 is 2.85 bits per heavy atom. The van der Waals surface area contributed by atoms with Gasteiger partial charge in [0.05, 0.1) is 11.9 Å². The second kappa shape index (κ2) is 8.32. The minimum absolute atomic E-state index is 0.0309. The van der Waals surface area contributed by atoms with Gasteiger partial charge in [-0.15, -0.1) is 0 Å². The molecule has 20 heavy (non-hydrogen) atoms. The number of anilines is 1. The molecule has 2 aromatic rings. The Morgan fingerprint density at radius 2 is 2.10 bits per heavy atom. The highest BCUT2D eigenvalue weighted by Gasteiger charge is 2.02. The molecule has 0 aliphatic carbocycles. The molecule has 0 saturated carbocycles. The number of nitrogens with zero attached hydrogens (tertiary/aromatic N) is 2. The van der Waals surface area contributed by atoms with Crippen molar-refractivity contribution in [3.63, 3.8) is 0 Å². The molecule has 0 aliphatic heterocycles. The molecular weight excluding hydrogens is 270 g/mol. The van der Waals surface area contributed by atoms with Crippen LogP contribution in [0.15, 0.2) is 48.9 Å². The predicted octanol–water partition coefficient (Wildman–Crippen LogP) is 2.78. The topological polar surface area (TPSA) is 54.9 Å². The number of hydrogen-bond donors (Lipinski definition) is 1. The van der Waals surface area contributed by atoms with Gasteiger partial charge in [0, 0.05) is 30.3 Å². The molecule has 0 bridgehead atoms. The number of thioether (sulfide) groups is 1. The fourth-order valence-electron chi connectivity index (χ4n) is 1.65. The quantitative estimate of drug-likeness (QED) is 0.796. The summed E-state index contributed by atoms with van der Waals surface area (Å²) in [7, 11) is 0. The molecule has 0 aromatic carbocycles. The van der Waals surface area contributed by atoms with Crippen LogP contribution in [0.2, 0.25) is 0 Å². The number of rotatable bonds is 7. The third kappa shape index (κ3) is 5.40. The number of hydrogen-bond acceptors (Lipinski definition) is 4. The third-order valence-corrected chi connectivity index (χ3v) is 3.63. The summed E-state index contributed by atoms with van der Waals surface area (Å²) >= 11 is 1.77. The van der Waals surface area contributed by atoms with Crippen LogP contribution < -0.4 is 5.32 Å². The maximum absolute atomic E-state index is 11.7. The fraction of sp³-hybridized carbons (Fsp3) is 0.267. The van der Waals surface area contributed by atoms with E-state index in [1.165, 1.54) is 0 Å². The van der Waals surface area contributed by atoms with Gasteiger partial charge in [0.15, 0.2) is 0 Å². The first kappa shape index (κ1) is 14.5. The van der Waals surface area contributed by atoms with Gasteiger partial charge in [0.25, 0.3) is 0 Å². The lowest BCUT2D eigenvalue weighted by atomic mass is 10.3. The molecule has 0 radical (unpaired) electrons. The summed E-state index contributed by atoms with van der Waals surface area (Å²) in [5, 5.41) is 2.82. The van der Waals surface area contributed by atoms with Crippen LogP contribution in [-0.2, 0) is 11.2 Å². The SMILES string of the molecule is O=C(CCSCCc1ccccn1)Nc1cccnc1. The number of amides is 1. The number of aryl methyl sites for hydroxylation is 1. The van der Waals surface area contributed by atoms with Gasteiger partial charge in [-0.2, -0.15) is 11.8 Å². The first-order valence-electron chi connectivity index (χ1n) is 6.52. The van der Waals surface area contributed by atoms with Gasteiger partial charge in [-0.3, -0.25) is 14.8 Å². The van der Waals surface area contributed by atoms with Crippen molar-refractivity contribution in [2.24, 2.45) is 0 Å². The monoisotopic (exact) mass is 287 g/mol. The Morgan fingerprint density at radius 1 is 1.15 bits per heavy atom. The summed E-state index contributed by atoms with van der Waals surface area (Å²) in [5.41, 5.74) is 1.84. The zero-order valence-electron chi connectivity index (χ0n) is 11.2. The second-order valence-electron chi connectivity index (χ2n) is 4.22. The average Bonchev–Trinajstić information content (AvgIpc) is 2.49. The lowest BCUT2D eigenvalue weighted by Crippen LogP contribution is -2.12. The van der Waals surface area contributed by atoms with Crippen LogP contribution >= 0.6 is 11.8 Å². The summed E-state index contributed by atoms with van der Waals surface area (Å²) in [5.74, 6) is 1.83. The Bertz CT molecular complexity index is 519. The minimum Gasteiger partial charge on any atom is -0.325 e. The van der Waals surface area contributed by atoms with Gasteiger partial charge in [0.1, 0.15) is 0 Å². The smallest absolute Gasteiger partial charge is 0.225 e. The Labute approximate surface area is 123 Å². The van der Waals surface area contributed by atoms with Crippen LogP contribution in [0.5, 0.6) is 0 Å². The van der Waals surface area contributed by atoms with Crippen molar-refractivity contribution in [1.29, 1.82) is 0 Å². The molecule has 5 heteroatoms. The molecule has 0 unspecified atom stereocenters. The first-order valence-corrected chi connectivity index (χ1v) is 7.67. The van der Waals surface area contributed by atoms with Crippen LogP contribution in [0.4, 0.5) is 5.69 Å². The second-order valence-corrected chi connectivity index (χ2v) is 5.45. The van der Waals surface area contributed by atoms with E-state index >= 15 is 0 Å². The van der Waals surface area contributed by atoms with Gasteiger partial charge in [-0.1, -0.05) is 6.07 Å². The molecule has 104 valence electrons. The van der Waals surface area contributed by atoms with Crippen molar-refractivity contribution in [1.82, 2.24) is 9.97 Å². The number of nitrogens with one attached hydrogen (secondary N) is 1. The summed E-state index contributed by atoms with van der Waals surface area (Å²) in [6.45, 7) is 0. The predicted molar refractivity (Wildman–Crippen MR) is 82.7 cm³/mol. The molecule has 1 amide bonds. The van der Waals surface area contributed by atoms with Crippen molar-refractivity contribution in [2.45, 2.75) is 12.8 Å². The van der Waals surface area contributed by atoms with Crippen LogP contribution in [0.3, 0.4) is 0 Å². The van der Waals surface area contributed by atoms with Crippen molar-refractivity contribution < 1.29 is 4.79 Å². The zero-order chi connectivity index (χ0) is 14.0. The van der Waals surface area contributed by atoms with Crippen LogP contribution in [-0.4, -0.2) is 27.4 Å². The molecule has 0 spiro atoms. The summed E-state index contributed by atoms with van der Waals surface area (Å²) in [6, 6.07) is 9.57. The van der Waals surface area contributed by atoms with Gasteiger partial charge in [0.2, 0.25) is 5.91 Å². The Hall–Kier alpha value is -1.88. The summed E-state index contributed by atoms with van der Waals surface area (Å²) in [4.78, 5) is 19.9. The molecule has 2 heterocycles. The molecule has 0 fully saturated rings. The first-order chi connectivity index (χ1) is 9.84. The summed E-state index contributed by atoms with van der Waals surface area (Å²) in [6.07, 6.45) is 6.59. The third-order valence-electron chi connectivity index (χ3n) is 2.65. The Balaban J connectivity index is 1.58. The highest BCUT2D eigenvalue weighted by Crippen LogP contribution is 2.08. The van der Waals surface area contributed by atoms with Crippen molar-refractivity contribution >= 4 is 23.4 Å². The number of aromatic nitrogens is 2. The van der Waals surface area contributed by atoms with Gasteiger partial charge in [-0.25, -0.2) is 0 Å². The van der Waals surface area contributed by atoms with E-state index < -0.39 is 0 Å². The zero-order valence-corrected chi connectivity index (χ0v) is 12.0. The van der Waals surface area contributed by atoms with E-state index in [0.717, 1.165) is 29.3 Å². The standard InChI is InChI=1S/C15H17N3OS/c19-15(18-14-5-3-8-16-12-14)7-11-20-10-6-13-4-1-2-9-17-13/h1-5,8-9,12H,6-7,10-11H2,(H,18,19). The molecular formula is C15H17N3OS. The summed E-state index contributed by atoms with van der Waals surface area (Å²) < 4.78 is 0. The van der Waals surface area contributed by atoms with E-state index in [-0.39, 0.29) is 5.91 Å². The van der Waals surface area contributed by atoms with Crippen LogP contribution in [0, 0.1) is 0 Å². The normalized spacial score (nSPS) is 10.2. The van der Waals surface area contributed by atoms with Gasteiger partial charge in [-0.05, 0) is 36.4 Å². The molecule has 0 saturated heterocycles. The fourth-order valence-corrected chi connectivity index (χ4v) is 2.54. The van der Waals surface area contributed by atoms with E-state index in [1.54, 1.807) is 36.4 Å². The largest absolute Gasteiger partial charge is 0.325 e. The number of carbonyl (C=O) groups is 1. The molecule has 0 atom stereocenters. The molecule has 2 aromatic heterocycles. The van der Waals surface area contributed by atoms with Crippen molar-refractivity contribution in [3.8, 4) is 0 Å². The van der Waals surface area contributed by atoms with E-state index in [2.05, 4.69) is 15.3 Å². The number of carbonyl (C=O) groups excluding carboxylic acids is 1. The van der Waals surface area contributed by atoms with E-state index in [4.69, 9.17) is 0 Å². The molecule has 0 aliphatic rings. The average molecular weight is 287 g/mol. The van der Waals surface area contributed by atoms with Crippen LogP contribution in [0.25, 0.3) is 0 Å². The maximum Gasteiger partial charge on any atom is 0.225 e. The van der Waals surface area contributed by atoms with E-state index in [0.29, 0.717) is 6.42 Å². The van der Waals surface area contributed by atoms with Crippen molar-refractivity contribution in [3.05, 3.63) is 54.6 Å². The highest BCUT2D eigenvalue weighted by molar-refractivity contribution is 7.99.